The van der Waals surface area contributed by atoms with Gasteiger partial charge in [-0.3, -0.25) is 19.0 Å². The number of carbonyl (C=O) groups excluding carboxylic acids is 2. The summed E-state index contributed by atoms with van der Waals surface area (Å²) in [4.78, 5) is 40.7. The third-order valence-corrected chi connectivity index (χ3v) is 4.92. The number of nitrogens with zero attached hydrogens (tertiary/aromatic N) is 2. The maximum absolute atomic E-state index is 12.4. The fraction of sp³-hybridized carbons (Fsp3) is 0.304. The molecule has 156 valence electrons. The molecule has 0 radical (unpaired) electrons. The summed E-state index contributed by atoms with van der Waals surface area (Å²) in [5.41, 5.74) is 2.60. The Balaban J connectivity index is 1.46. The molecule has 0 aliphatic carbocycles. The van der Waals surface area contributed by atoms with E-state index in [1.165, 1.54) is 16.5 Å². The van der Waals surface area contributed by atoms with Gasteiger partial charge in [0, 0.05) is 6.54 Å². The molecule has 3 rings (SSSR count). The van der Waals surface area contributed by atoms with Gasteiger partial charge in [0.05, 0.1) is 29.7 Å². The van der Waals surface area contributed by atoms with Crippen LogP contribution in [-0.4, -0.2) is 28.0 Å². The lowest BCUT2D eigenvalue weighted by Crippen LogP contribution is -2.31. The number of hydrogen-bond donors (Lipinski definition) is 1. The Morgan fingerprint density at radius 1 is 1.13 bits per heavy atom. The van der Waals surface area contributed by atoms with Crippen molar-refractivity contribution >= 4 is 22.8 Å². The van der Waals surface area contributed by atoms with Crippen LogP contribution in [0.1, 0.15) is 37.4 Å². The normalized spacial score (nSPS) is 11.8. The van der Waals surface area contributed by atoms with Crippen molar-refractivity contribution < 1.29 is 14.3 Å². The Morgan fingerprint density at radius 2 is 1.87 bits per heavy atom. The van der Waals surface area contributed by atoms with Gasteiger partial charge in [0.25, 0.3) is 11.5 Å². The summed E-state index contributed by atoms with van der Waals surface area (Å²) in [5.74, 6) is -0.926. The van der Waals surface area contributed by atoms with Crippen LogP contribution in [0, 0.1) is 0 Å². The third kappa shape index (κ3) is 5.31. The van der Waals surface area contributed by atoms with Gasteiger partial charge in [-0.1, -0.05) is 43.3 Å². The first kappa shape index (κ1) is 21.2. The molecule has 1 atom stereocenters. The third-order valence-electron chi connectivity index (χ3n) is 4.92. The number of nitrogens with one attached hydrogen (secondary N) is 1. The van der Waals surface area contributed by atoms with Crippen LogP contribution in [0.3, 0.4) is 0 Å². The van der Waals surface area contributed by atoms with E-state index in [9.17, 15) is 14.4 Å². The molecule has 0 aliphatic rings. The van der Waals surface area contributed by atoms with Gasteiger partial charge in [0.2, 0.25) is 0 Å². The van der Waals surface area contributed by atoms with Gasteiger partial charge in [0.1, 0.15) is 0 Å². The van der Waals surface area contributed by atoms with E-state index >= 15 is 0 Å². The van der Waals surface area contributed by atoms with Crippen LogP contribution in [0.4, 0.5) is 0 Å². The summed E-state index contributed by atoms with van der Waals surface area (Å²) >= 11 is 0. The maximum atomic E-state index is 12.4. The first-order valence-corrected chi connectivity index (χ1v) is 9.96. The summed E-state index contributed by atoms with van der Waals surface area (Å²) in [7, 11) is 0. The number of fused-ring (bicyclic) bond motifs is 1. The molecule has 0 aliphatic heterocycles. The van der Waals surface area contributed by atoms with E-state index in [0.29, 0.717) is 10.9 Å². The van der Waals surface area contributed by atoms with Gasteiger partial charge in [-0.05, 0) is 36.6 Å². The summed E-state index contributed by atoms with van der Waals surface area (Å²) in [6.07, 6.45) is 2.34. The molecule has 1 amide bonds. The van der Waals surface area contributed by atoms with E-state index < -0.39 is 5.97 Å². The minimum atomic E-state index is -0.551. The molecule has 1 N–H and O–H groups in total. The number of carbonyl (C=O) groups is 2. The first-order valence-electron chi connectivity index (χ1n) is 9.96. The zero-order valence-corrected chi connectivity index (χ0v) is 17.1. The predicted molar refractivity (Wildman–Crippen MR) is 114 cm³/mol. The van der Waals surface area contributed by atoms with Crippen LogP contribution < -0.4 is 10.9 Å². The molecule has 0 spiro atoms. The van der Waals surface area contributed by atoms with E-state index in [1.807, 2.05) is 37.3 Å². The first-order chi connectivity index (χ1) is 14.5. The van der Waals surface area contributed by atoms with E-state index in [2.05, 4.69) is 17.2 Å². The number of hydrogen-bond acceptors (Lipinski definition) is 5. The molecule has 2 aromatic carbocycles. The zero-order chi connectivity index (χ0) is 21.5. The van der Waals surface area contributed by atoms with Crippen LogP contribution in [0.25, 0.3) is 10.9 Å². The number of para-hydroxylation sites is 1. The van der Waals surface area contributed by atoms with Crippen molar-refractivity contribution in [3.05, 3.63) is 76.3 Å². The molecule has 1 heterocycles. The van der Waals surface area contributed by atoms with Gasteiger partial charge in [0.15, 0.2) is 6.61 Å². The summed E-state index contributed by atoms with van der Waals surface area (Å²) in [6, 6.07) is 14.8. The Bertz CT molecular complexity index is 1090. The second-order valence-electron chi connectivity index (χ2n) is 7.06. The van der Waals surface area contributed by atoms with Crippen molar-refractivity contribution in [2.75, 3.05) is 6.61 Å². The summed E-state index contributed by atoms with van der Waals surface area (Å²) < 4.78 is 6.41. The SMILES string of the molecule is CCc1ccc(C(C)NC(=O)COC(=O)CCn2cnc3ccccc3c2=O)cc1. The van der Waals surface area contributed by atoms with Crippen molar-refractivity contribution in [2.24, 2.45) is 0 Å². The fourth-order valence-electron chi connectivity index (χ4n) is 3.10. The molecular weight excluding hydrogens is 382 g/mol. The molecule has 1 unspecified atom stereocenters. The minimum absolute atomic E-state index is 0.0265. The van der Waals surface area contributed by atoms with Crippen LogP contribution in [0.15, 0.2) is 59.7 Å². The molecule has 0 saturated heterocycles. The highest BCUT2D eigenvalue weighted by molar-refractivity contribution is 5.81. The van der Waals surface area contributed by atoms with E-state index in [0.717, 1.165) is 12.0 Å². The fourth-order valence-corrected chi connectivity index (χ4v) is 3.10. The van der Waals surface area contributed by atoms with Gasteiger partial charge in [-0.2, -0.15) is 0 Å². The van der Waals surface area contributed by atoms with Crippen molar-refractivity contribution in [1.29, 1.82) is 0 Å². The Morgan fingerprint density at radius 3 is 2.60 bits per heavy atom. The quantitative estimate of drug-likeness (QED) is 0.580. The summed E-state index contributed by atoms with van der Waals surface area (Å²) in [6.45, 7) is 3.74. The van der Waals surface area contributed by atoms with E-state index in [4.69, 9.17) is 4.74 Å². The van der Waals surface area contributed by atoms with Crippen molar-refractivity contribution in [3.63, 3.8) is 0 Å². The standard InChI is InChI=1S/C23H25N3O4/c1-3-17-8-10-18(11-9-17)16(2)25-21(27)14-30-22(28)12-13-26-15-24-20-7-5-4-6-19(20)23(26)29/h4-11,15-16H,3,12-14H2,1-2H3,(H,25,27). The zero-order valence-electron chi connectivity index (χ0n) is 17.1. The number of amides is 1. The van der Waals surface area contributed by atoms with Gasteiger partial charge in [-0.25, -0.2) is 4.98 Å². The van der Waals surface area contributed by atoms with Crippen LogP contribution in [0.2, 0.25) is 0 Å². The second kappa shape index (κ2) is 9.82. The molecule has 30 heavy (non-hydrogen) atoms. The second-order valence-corrected chi connectivity index (χ2v) is 7.06. The summed E-state index contributed by atoms with van der Waals surface area (Å²) in [5, 5.41) is 3.30. The Kier molecular flexibility index (Phi) is 6.95. The molecule has 0 bridgehead atoms. The van der Waals surface area contributed by atoms with E-state index in [1.54, 1.807) is 18.2 Å². The average Bonchev–Trinajstić information content (AvgIpc) is 2.77. The number of benzene rings is 2. The number of esters is 1. The minimum Gasteiger partial charge on any atom is -0.456 e. The van der Waals surface area contributed by atoms with Gasteiger partial charge < -0.3 is 10.1 Å². The average molecular weight is 407 g/mol. The van der Waals surface area contributed by atoms with Crippen LogP contribution in [0.5, 0.6) is 0 Å². The van der Waals surface area contributed by atoms with Crippen LogP contribution in [-0.2, 0) is 27.3 Å². The van der Waals surface area contributed by atoms with E-state index in [-0.39, 0.29) is 37.1 Å². The van der Waals surface area contributed by atoms with Crippen LogP contribution >= 0.6 is 0 Å². The number of rotatable bonds is 8. The highest BCUT2D eigenvalue weighted by atomic mass is 16.5. The van der Waals surface area contributed by atoms with Crippen molar-refractivity contribution in [2.45, 2.75) is 39.3 Å². The van der Waals surface area contributed by atoms with Gasteiger partial charge >= 0.3 is 5.97 Å². The maximum Gasteiger partial charge on any atom is 0.308 e. The largest absolute Gasteiger partial charge is 0.456 e. The smallest absolute Gasteiger partial charge is 0.308 e. The lowest BCUT2D eigenvalue weighted by Gasteiger charge is -2.15. The molecule has 1 aromatic heterocycles. The molecule has 0 saturated carbocycles. The molecule has 7 heteroatoms. The molecule has 3 aromatic rings. The lowest BCUT2D eigenvalue weighted by molar-refractivity contribution is -0.148. The lowest BCUT2D eigenvalue weighted by atomic mass is 10.1. The Labute approximate surface area is 174 Å². The topological polar surface area (TPSA) is 90.3 Å². The molecule has 0 fully saturated rings. The predicted octanol–water partition coefficient (Wildman–Crippen LogP) is 2.77. The monoisotopic (exact) mass is 407 g/mol. The van der Waals surface area contributed by atoms with Crippen molar-refractivity contribution in [3.8, 4) is 0 Å². The van der Waals surface area contributed by atoms with Crippen molar-refractivity contribution in [1.82, 2.24) is 14.9 Å². The number of ether oxygens (including phenoxy) is 1. The number of aromatic nitrogens is 2. The number of aryl methyl sites for hydroxylation is 2. The molecule has 7 nitrogen and oxygen atoms in total. The highest BCUT2D eigenvalue weighted by Crippen LogP contribution is 2.13. The molecular formula is C23H25N3O4. The highest BCUT2D eigenvalue weighted by Gasteiger charge is 2.13. The van der Waals surface area contributed by atoms with Gasteiger partial charge in [-0.15, -0.1) is 0 Å². The Hall–Kier alpha value is -3.48.